The fourth-order valence-corrected chi connectivity index (χ4v) is 2.17. The van der Waals surface area contributed by atoms with Crippen molar-refractivity contribution in [2.75, 3.05) is 18.6 Å². The monoisotopic (exact) mass is 145 g/mol. The lowest BCUT2D eigenvalue weighted by molar-refractivity contribution is -0.123. The minimum atomic E-state index is 0.208. The zero-order valence-electron chi connectivity index (χ0n) is 5.52. The maximum absolute atomic E-state index is 10.9. The first-order valence-corrected chi connectivity index (χ1v) is 4.29. The summed E-state index contributed by atoms with van der Waals surface area (Å²) < 4.78 is 0. The van der Waals surface area contributed by atoms with Crippen molar-refractivity contribution in [1.29, 1.82) is 0 Å². The summed E-state index contributed by atoms with van der Waals surface area (Å²) in [6, 6.07) is 0. The van der Waals surface area contributed by atoms with E-state index in [1.165, 1.54) is 0 Å². The van der Waals surface area contributed by atoms with Gasteiger partial charge in [0, 0.05) is 18.7 Å². The van der Waals surface area contributed by atoms with E-state index < -0.39 is 0 Å². The summed E-state index contributed by atoms with van der Waals surface area (Å²) in [5.41, 5.74) is 0. The summed E-state index contributed by atoms with van der Waals surface area (Å²) in [6.07, 6.45) is 1.06. The largest absolute Gasteiger partial charge is 0.359 e. The Kier molecular flexibility index (Phi) is 2.39. The summed E-state index contributed by atoms with van der Waals surface area (Å²) in [5, 5.41) is 2.65. The van der Waals surface area contributed by atoms with Gasteiger partial charge in [0.15, 0.2) is 0 Å². The maximum atomic E-state index is 10.9. The third-order valence-corrected chi connectivity index (χ3v) is 2.71. The van der Waals surface area contributed by atoms with Gasteiger partial charge in [-0.1, -0.05) is 0 Å². The van der Waals surface area contributed by atoms with Gasteiger partial charge in [0.25, 0.3) is 0 Å². The van der Waals surface area contributed by atoms with Crippen LogP contribution in [0.15, 0.2) is 0 Å². The Labute approximate surface area is 59.4 Å². The minimum absolute atomic E-state index is 0.208. The van der Waals surface area contributed by atoms with Crippen molar-refractivity contribution in [2.24, 2.45) is 5.92 Å². The van der Waals surface area contributed by atoms with Crippen LogP contribution in [-0.2, 0) is 4.79 Å². The minimum Gasteiger partial charge on any atom is -0.359 e. The van der Waals surface area contributed by atoms with Gasteiger partial charge >= 0.3 is 0 Å². The predicted molar refractivity (Wildman–Crippen MR) is 39.5 cm³/mol. The number of hydrogen-bond acceptors (Lipinski definition) is 2. The first kappa shape index (κ1) is 6.93. The molecule has 1 heterocycles. The highest BCUT2D eigenvalue weighted by atomic mass is 32.2. The Bertz CT molecular complexity index is 110. The molecule has 0 saturated carbocycles. The number of amides is 1. The highest BCUT2D eigenvalue weighted by molar-refractivity contribution is 7.99. The van der Waals surface area contributed by atoms with Crippen LogP contribution in [0.5, 0.6) is 0 Å². The molecular formula is C6H11NOS. The molecular weight excluding hydrogens is 134 g/mol. The van der Waals surface area contributed by atoms with Gasteiger partial charge in [-0.2, -0.15) is 11.8 Å². The van der Waals surface area contributed by atoms with Gasteiger partial charge in [-0.3, -0.25) is 4.79 Å². The molecule has 0 spiro atoms. The van der Waals surface area contributed by atoms with Crippen LogP contribution in [0, 0.1) is 5.92 Å². The predicted octanol–water partition coefficient (Wildman–Crippen LogP) is 0.485. The van der Waals surface area contributed by atoms with E-state index in [0.29, 0.717) is 5.92 Å². The molecule has 1 amide bonds. The number of carbonyl (C=O) groups is 1. The number of hydrogen-bond donors (Lipinski definition) is 1. The highest BCUT2D eigenvalue weighted by Gasteiger charge is 2.21. The lowest BCUT2D eigenvalue weighted by Gasteiger charge is -2.03. The van der Waals surface area contributed by atoms with Crippen LogP contribution >= 0.6 is 11.8 Å². The number of rotatable bonds is 1. The molecule has 1 saturated heterocycles. The molecule has 1 fully saturated rings. The van der Waals surface area contributed by atoms with Crippen LogP contribution in [0.1, 0.15) is 6.42 Å². The van der Waals surface area contributed by atoms with Crippen molar-refractivity contribution < 1.29 is 4.79 Å². The Morgan fingerprint density at radius 2 is 2.56 bits per heavy atom. The van der Waals surface area contributed by atoms with Crippen molar-refractivity contribution in [1.82, 2.24) is 5.32 Å². The molecule has 52 valence electrons. The van der Waals surface area contributed by atoms with E-state index in [9.17, 15) is 4.79 Å². The summed E-state index contributed by atoms with van der Waals surface area (Å²) in [7, 11) is 1.70. The van der Waals surface area contributed by atoms with Crippen LogP contribution in [0.2, 0.25) is 0 Å². The molecule has 1 rings (SSSR count). The molecule has 2 nitrogen and oxygen atoms in total. The Morgan fingerprint density at radius 1 is 1.78 bits per heavy atom. The summed E-state index contributed by atoms with van der Waals surface area (Å²) >= 11 is 1.87. The SMILES string of the molecule is CNC(=O)C1CCSC1. The fraction of sp³-hybridized carbons (Fsp3) is 0.833. The van der Waals surface area contributed by atoms with E-state index in [2.05, 4.69) is 5.32 Å². The summed E-state index contributed by atoms with van der Waals surface area (Å²) in [6.45, 7) is 0. The van der Waals surface area contributed by atoms with E-state index in [0.717, 1.165) is 17.9 Å². The van der Waals surface area contributed by atoms with E-state index >= 15 is 0 Å². The first-order valence-electron chi connectivity index (χ1n) is 3.14. The zero-order chi connectivity index (χ0) is 6.69. The van der Waals surface area contributed by atoms with E-state index in [1.54, 1.807) is 7.05 Å². The van der Waals surface area contributed by atoms with E-state index in [4.69, 9.17) is 0 Å². The van der Waals surface area contributed by atoms with Gasteiger partial charge in [-0.15, -0.1) is 0 Å². The average molecular weight is 145 g/mol. The second kappa shape index (κ2) is 3.11. The molecule has 1 atom stereocenters. The summed E-state index contributed by atoms with van der Waals surface area (Å²) in [5.74, 6) is 2.66. The lowest BCUT2D eigenvalue weighted by Crippen LogP contribution is -2.26. The van der Waals surface area contributed by atoms with Crippen molar-refractivity contribution in [2.45, 2.75) is 6.42 Å². The Hall–Kier alpha value is -0.180. The summed E-state index contributed by atoms with van der Waals surface area (Å²) in [4.78, 5) is 10.9. The molecule has 0 aliphatic carbocycles. The van der Waals surface area contributed by atoms with Crippen molar-refractivity contribution >= 4 is 17.7 Å². The van der Waals surface area contributed by atoms with E-state index in [1.807, 2.05) is 11.8 Å². The molecule has 0 bridgehead atoms. The van der Waals surface area contributed by atoms with Gasteiger partial charge in [0.1, 0.15) is 0 Å². The molecule has 0 aromatic heterocycles. The van der Waals surface area contributed by atoms with Crippen LogP contribution in [0.25, 0.3) is 0 Å². The molecule has 1 N–H and O–H groups in total. The normalized spacial score (nSPS) is 26.1. The van der Waals surface area contributed by atoms with Crippen molar-refractivity contribution in [3.63, 3.8) is 0 Å². The fourth-order valence-electron chi connectivity index (χ4n) is 0.945. The highest BCUT2D eigenvalue weighted by Crippen LogP contribution is 2.22. The van der Waals surface area contributed by atoms with Crippen LogP contribution < -0.4 is 5.32 Å². The van der Waals surface area contributed by atoms with Crippen LogP contribution in [-0.4, -0.2) is 24.5 Å². The number of thioether (sulfide) groups is 1. The molecule has 3 heteroatoms. The van der Waals surface area contributed by atoms with Crippen LogP contribution in [0.3, 0.4) is 0 Å². The van der Waals surface area contributed by atoms with Crippen molar-refractivity contribution in [3.8, 4) is 0 Å². The quantitative estimate of drug-likeness (QED) is 0.581. The van der Waals surface area contributed by atoms with Gasteiger partial charge < -0.3 is 5.32 Å². The molecule has 9 heavy (non-hydrogen) atoms. The molecule has 1 aliphatic heterocycles. The third kappa shape index (κ3) is 1.61. The first-order chi connectivity index (χ1) is 4.34. The standard InChI is InChI=1S/C6H11NOS/c1-7-6(8)5-2-3-9-4-5/h5H,2-4H2,1H3,(H,7,8). The Morgan fingerprint density at radius 3 is 3.00 bits per heavy atom. The molecule has 0 aromatic rings. The average Bonchev–Trinajstić information content (AvgIpc) is 2.37. The topological polar surface area (TPSA) is 29.1 Å². The third-order valence-electron chi connectivity index (χ3n) is 1.55. The van der Waals surface area contributed by atoms with Gasteiger partial charge in [-0.05, 0) is 12.2 Å². The zero-order valence-corrected chi connectivity index (χ0v) is 6.33. The van der Waals surface area contributed by atoms with Crippen LogP contribution in [0.4, 0.5) is 0 Å². The van der Waals surface area contributed by atoms with Gasteiger partial charge in [0.05, 0.1) is 0 Å². The molecule has 1 aliphatic rings. The van der Waals surface area contributed by atoms with E-state index in [-0.39, 0.29) is 5.91 Å². The smallest absolute Gasteiger partial charge is 0.223 e. The Balaban J connectivity index is 2.32. The van der Waals surface area contributed by atoms with Gasteiger partial charge in [-0.25, -0.2) is 0 Å². The second-order valence-corrected chi connectivity index (χ2v) is 3.32. The number of carbonyl (C=O) groups excluding carboxylic acids is 1. The lowest BCUT2D eigenvalue weighted by atomic mass is 10.1. The molecule has 0 radical (unpaired) electrons. The molecule has 1 unspecified atom stereocenters. The van der Waals surface area contributed by atoms with Gasteiger partial charge in [0.2, 0.25) is 5.91 Å². The molecule has 0 aromatic carbocycles. The second-order valence-electron chi connectivity index (χ2n) is 2.17. The van der Waals surface area contributed by atoms with Crippen molar-refractivity contribution in [3.05, 3.63) is 0 Å². The number of nitrogens with one attached hydrogen (secondary N) is 1. The maximum Gasteiger partial charge on any atom is 0.223 e.